The summed E-state index contributed by atoms with van der Waals surface area (Å²) in [5.41, 5.74) is 0. The lowest BCUT2D eigenvalue weighted by atomic mass is 10.0. The molecule has 318 valence electrons. The van der Waals surface area contributed by atoms with Gasteiger partial charge in [-0.15, -0.1) is 0 Å². The molecule has 0 aliphatic carbocycles. The van der Waals surface area contributed by atoms with Gasteiger partial charge in [0.2, 0.25) is 0 Å². The van der Waals surface area contributed by atoms with Crippen LogP contribution in [0.25, 0.3) is 0 Å². The van der Waals surface area contributed by atoms with Crippen molar-refractivity contribution >= 4 is 19.8 Å². The van der Waals surface area contributed by atoms with Gasteiger partial charge in [-0.05, 0) is 44.4 Å². The molecule has 0 aromatic rings. The molecule has 0 aromatic carbocycles. The van der Waals surface area contributed by atoms with Gasteiger partial charge in [-0.3, -0.25) is 18.6 Å². The van der Waals surface area contributed by atoms with E-state index in [1.165, 1.54) is 77.0 Å². The average molecular weight is 791 g/mol. The van der Waals surface area contributed by atoms with Gasteiger partial charge in [-0.2, -0.15) is 0 Å². The number of allylic oxidation sites excluding steroid dienone is 1. The third-order valence-electron chi connectivity index (χ3n) is 9.77. The molecule has 0 bridgehead atoms. The summed E-state index contributed by atoms with van der Waals surface area (Å²) in [5, 5.41) is 18.3. The molecular weight excluding hydrogens is 711 g/mol. The Hall–Kier alpha value is -1.33. The van der Waals surface area contributed by atoms with Crippen molar-refractivity contribution in [3.63, 3.8) is 0 Å². The Morgan fingerprint density at radius 3 is 1.85 bits per heavy atom. The minimum Gasteiger partial charge on any atom is -0.462 e. The molecule has 1 aliphatic rings. The second-order valence-corrected chi connectivity index (χ2v) is 17.0. The fraction of sp³-hybridized carbons (Fsp3) is 0.905. The van der Waals surface area contributed by atoms with Gasteiger partial charge >= 0.3 is 19.8 Å². The van der Waals surface area contributed by atoms with Crippen molar-refractivity contribution in [1.29, 1.82) is 0 Å². The normalized spacial score (nSPS) is 17.8. The Morgan fingerprint density at radius 2 is 1.26 bits per heavy atom. The number of aliphatic hydroxyl groups excluding tert-OH is 2. The van der Waals surface area contributed by atoms with E-state index >= 15 is 0 Å². The lowest BCUT2D eigenvalue weighted by molar-refractivity contribution is -0.161. The summed E-state index contributed by atoms with van der Waals surface area (Å²) in [4.78, 5) is 35.0. The molecule has 1 saturated heterocycles. The highest BCUT2D eigenvalue weighted by molar-refractivity contribution is 7.47. The number of unbranched alkanes of at least 4 members (excludes halogenated alkanes) is 18. The number of esters is 2. The van der Waals surface area contributed by atoms with Crippen molar-refractivity contribution in [3.05, 3.63) is 12.2 Å². The van der Waals surface area contributed by atoms with Crippen LogP contribution < -0.4 is 0 Å². The monoisotopic (exact) mass is 791 g/mol. The number of phosphoric ester groups is 1. The molecule has 0 aromatic heterocycles. The van der Waals surface area contributed by atoms with E-state index in [2.05, 4.69) is 37.4 Å². The summed E-state index contributed by atoms with van der Waals surface area (Å²) in [6, 6.07) is 0. The zero-order chi connectivity index (χ0) is 39.7. The zero-order valence-corrected chi connectivity index (χ0v) is 35.2. The molecule has 3 unspecified atom stereocenters. The molecule has 12 heteroatoms. The van der Waals surface area contributed by atoms with E-state index in [0.29, 0.717) is 25.0 Å². The highest BCUT2D eigenvalue weighted by Crippen LogP contribution is 2.43. The zero-order valence-electron chi connectivity index (χ0n) is 34.3. The highest BCUT2D eigenvalue weighted by Gasteiger charge is 2.36. The number of epoxide rings is 1. The van der Waals surface area contributed by atoms with Crippen molar-refractivity contribution < 1.29 is 52.5 Å². The Labute approximate surface area is 328 Å². The molecule has 0 amide bonds. The van der Waals surface area contributed by atoms with E-state index < -0.39 is 51.8 Å². The van der Waals surface area contributed by atoms with E-state index in [1.54, 1.807) is 0 Å². The van der Waals surface area contributed by atoms with Gasteiger partial charge < -0.3 is 29.3 Å². The Kier molecular flexibility index (Phi) is 31.7. The second kappa shape index (κ2) is 33.8. The lowest BCUT2D eigenvalue weighted by Crippen LogP contribution is -2.29. The van der Waals surface area contributed by atoms with Gasteiger partial charge in [-0.1, -0.05) is 148 Å². The van der Waals surface area contributed by atoms with Crippen LogP contribution in [0.1, 0.15) is 188 Å². The number of aliphatic hydroxyl groups is 2. The first kappa shape index (κ1) is 50.7. The molecule has 0 radical (unpaired) electrons. The van der Waals surface area contributed by atoms with Crippen LogP contribution in [0.2, 0.25) is 0 Å². The number of carbonyl (C=O) groups excluding carboxylic acids is 2. The fourth-order valence-electron chi connectivity index (χ4n) is 6.30. The van der Waals surface area contributed by atoms with E-state index in [1.807, 2.05) is 0 Å². The van der Waals surface area contributed by atoms with Gasteiger partial charge in [0.1, 0.15) is 12.7 Å². The molecule has 54 heavy (non-hydrogen) atoms. The molecule has 1 heterocycles. The van der Waals surface area contributed by atoms with Crippen LogP contribution in [0.4, 0.5) is 0 Å². The number of hydrogen-bond acceptors (Lipinski definition) is 10. The SMILES string of the molecule is CCCCC/C=C\CC1OC1CCCCCCCC(=O)OC[C@H](COP(=O)(O)OC[C@@H](O)CO)OC(=O)CCCCCCCCCCCCCCC(C)C. The summed E-state index contributed by atoms with van der Waals surface area (Å²) < 4.78 is 38.5. The summed E-state index contributed by atoms with van der Waals surface area (Å²) in [6.07, 6.45) is 30.6. The first-order valence-corrected chi connectivity index (χ1v) is 23.1. The summed E-state index contributed by atoms with van der Waals surface area (Å²) in [7, 11) is -4.62. The van der Waals surface area contributed by atoms with Crippen LogP contribution in [0.15, 0.2) is 12.2 Å². The predicted octanol–water partition coefficient (Wildman–Crippen LogP) is 10.1. The number of rotatable bonds is 39. The van der Waals surface area contributed by atoms with E-state index in [0.717, 1.165) is 70.1 Å². The van der Waals surface area contributed by atoms with Gasteiger partial charge in [0.25, 0.3) is 0 Å². The molecule has 3 N–H and O–H groups in total. The van der Waals surface area contributed by atoms with Crippen LogP contribution in [0.5, 0.6) is 0 Å². The first-order chi connectivity index (χ1) is 26.1. The van der Waals surface area contributed by atoms with Gasteiger partial charge in [0.15, 0.2) is 6.10 Å². The third kappa shape index (κ3) is 31.8. The smallest absolute Gasteiger partial charge is 0.462 e. The summed E-state index contributed by atoms with van der Waals surface area (Å²) >= 11 is 0. The van der Waals surface area contributed by atoms with E-state index in [4.69, 9.17) is 23.8 Å². The quantitative estimate of drug-likeness (QED) is 0.0179. The second-order valence-electron chi connectivity index (χ2n) is 15.6. The Bertz CT molecular complexity index is 991. The molecule has 1 rings (SSSR count). The molecule has 0 saturated carbocycles. The minimum atomic E-state index is -4.62. The summed E-state index contributed by atoms with van der Waals surface area (Å²) in [5.74, 6) is -0.137. The van der Waals surface area contributed by atoms with Crippen LogP contribution >= 0.6 is 7.82 Å². The van der Waals surface area contributed by atoms with Crippen molar-refractivity contribution in [3.8, 4) is 0 Å². The maximum absolute atomic E-state index is 12.6. The molecule has 11 nitrogen and oxygen atoms in total. The van der Waals surface area contributed by atoms with Gasteiger partial charge in [0.05, 0.1) is 32.0 Å². The van der Waals surface area contributed by atoms with Crippen molar-refractivity contribution in [2.24, 2.45) is 5.92 Å². The number of carbonyl (C=O) groups is 2. The highest BCUT2D eigenvalue weighted by atomic mass is 31.2. The van der Waals surface area contributed by atoms with Crippen LogP contribution in [0.3, 0.4) is 0 Å². The number of phosphoric acid groups is 1. The lowest BCUT2D eigenvalue weighted by Gasteiger charge is -2.20. The fourth-order valence-corrected chi connectivity index (χ4v) is 7.09. The van der Waals surface area contributed by atoms with E-state index in [9.17, 15) is 24.2 Å². The number of ether oxygens (including phenoxy) is 3. The average Bonchev–Trinajstić information content (AvgIpc) is 3.90. The Morgan fingerprint density at radius 1 is 0.704 bits per heavy atom. The molecule has 0 spiro atoms. The number of hydrogen-bond donors (Lipinski definition) is 3. The van der Waals surface area contributed by atoms with Crippen molar-refractivity contribution in [2.45, 2.75) is 212 Å². The van der Waals surface area contributed by atoms with Crippen molar-refractivity contribution in [1.82, 2.24) is 0 Å². The molecule has 1 aliphatic heterocycles. The van der Waals surface area contributed by atoms with Gasteiger partial charge in [0, 0.05) is 12.8 Å². The maximum atomic E-state index is 12.6. The van der Waals surface area contributed by atoms with E-state index in [-0.39, 0.29) is 19.4 Å². The van der Waals surface area contributed by atoms with Gasteiger partial charge in [-0.25, -0.2) is 4.57 Å². The van der Waals surface area contributed by atoms with Crippen molar-refractivity contribution in [2.75, 3.05) is 26.4 Å². The predicted molar refractivity (Wildman–Crippen MR) is 214 cm³/mol. The van der Waals surface area contributed by atoms with Crippen LogP contribution in [-0.4, -0.2) is 77.9 Å². The van der Waals surface area contributed by atoms with Crippen LogP contribution in [-0.2, 0) is 37.4 Å². The standard InChI is InChI=1S/C42H79O11P/c1-4-5-6-7-18-23-28-39-40(53-39)29-24-19-16-21-25-30-41(45)49-34-38(35-51-54(47,48)50-33-37(44)32-43)52-42(46)31-26-20-15-13-11-9-8-10-12-14-17-22-27-36(2)3/h18,23,36-40,43-44H,4-17,19-22,24-35H2,1-3H3,(H,47,48)/b23-18-/t37-,38+,39?,40?/m0/s1. The first-order valence-electron chi connectivity index (χ1n) is 21.6. The topological polar surface area (TPSA) is 161 Å². The van der Waals surface area contributed by atoms with Crippen LogP contribution in [0, 0.1) is 5.92 Å². The molecule has 5 atom stereocenters. The largest absolute Gasteiger partial charge is 0.472 e. The Balaban J connectivity index is 2.25. The third-order valence-corrected chi connectivity index (χ3v) is 10.7. The maximum Gasteiger partial charge on any atom is 0.472 e. The molecule has 1 fully saturated rings. The minimum absolute atomic E-state index is 0.181. The molecular formula is C42H79O11P. The summed E-state index contributed by atoms with van der Waals surface area (Å²) in [6.45, 7) is 4.66.